The zero-order valence-electron chi connectivity index (χ0n) is 15.3. The summed E-state index contributed by atoms with van der Waals surface area (Å²) in [6, 6.07) is 15.5. The van der Waals surface area contributed by atoms with Crippen LogP contribution in [0, 0.1) is 5.82 Å². The van der Waals surface area contributed by atoms with E-state index in [4.69, 9.17) is 0 Å². The molecule has 0 atom stereocenters. The summed E-state index contributed by atoms with van der Waals surface area (Å²) in [5.74, 6) is -1.91. The summed E-state index contributed by atoms with van der Waals surface area (Å²) in [5, 5.41) is 15.2. The number of carboxylic acid groups (broad SMARTS) is 1. The lowest BCUT2D eigenvalue weighted by Crippen LogP contribution is -2.29. The number of halogens is 1. The summed E-state index contributed by atoms with van der Waals surface area (Å²) < 4.78 is 15.0. The van der Waals surface area contributed by atoms with Gasteiger partial charge in [0.25, 0.3) is 0 Å². The molecule has 28 heavy (non-hydrogen) atoms. The quantitative estimate of drug-likeness (QED) is 0.629. The minimum absolute atomic E-state index is 0.127. The van der Waals surface area contributed by atoms with Crippen LogP contribution in [-0.4, -0.2) is 33.6 Å². The number of rotatable bonds is 7. The normalized spacial score (nSPS) is 10.6. The molecule has 2 aromatic carbocycles. The standard InChI is InChI=1S/C21H20FN3O3/c1-24(19(26)11-12-20(27)28)13-16-14-25(18-5-3-2-4-6-18)23-21(16)15-7-9-17(22)10-8-15/h2-10,14H,11-13H2,1H3,(H,27,28)/p-1. The number of hydrogen-bond acceptors (Lipinski definition) is 4. The minimum atomic E-state index is -1.26. The van der Waals surface area contributed by atoms with Crippen molar-refractivity contribution in [1.82, 2.24) is 14.7 Å². The number of para-hydroxylation sites is 1. The van der Waals surface area contributed by atoms with Gasteiger partial charge in [-0.25, -0.2) is 9.07 Å². The Labute approximate surface area is 161 Å². The Morgan fingerprint density at radius 3 is 2.39 bits per heavy atom. The van der Waals surface area contributed by atoms with Gasteiger partial charge in [0, 0.05) is 43.3 Å². The van der Waals surface area contributed by atoms with Gasteiger partial charge in [0.05, 0.1) is 11.4 Å². The maximum atomic E-state index is 13.3. The SMILES string of the molecule is CN(Cc1cn(-c2ccccc2)nc1-c1ccc(F)cc1)C(=O)CCC(=O)[O-]. The first kappa shape index (κ1) is 19.3. The molecule has 3 rings (SSSR count). The van der Waals surface area contributed by atoms with Gasteiger partial charge in [0.1, 0.15) is 5.82 Å². The van der Waals surface area contributed by atoms with Crippen LogP contribution < -0.4 is 5.11 Å². The Bertz CT molecular complexity index is 968. The molecule has 1 aromatic heterocycles. The highest BCUT2D eigenvalue weighted by molar-refractivity contribution is 5.80. The van der Waals surface area contributed by atoms with E-state index in [9.17, 15) is 19.1 Å². The van der Waals surface area contributed by atoms with Gasteiger partial charge in [0.2, 0.25) is 5.91 Å². The molecule has 0 unspecified atom stereocenters. The summed E-state index contributed by atoms with van der Waals surface area (Å²) >= 11 is 0. The van der Waals surface area contributed by atoms with Crippen molar-refractivity contribution < 1.29 is 19.1 Å². The van der Waals surface area contributed by atoms with Crippen LogP contribution in [-0.2, 0) is 16.1 Å². The van der Waals surface area contributed by atoms with Gasteiger partial charge in [-0.15, -0.1) is 0 Å². The van der Waals surface area contributed by atoms with Crippen molar-refractivity contribution in [2.24, 2.45) is 0 Å². The number of carboxylic acids is 1. The fourth-order valence-corrected chi connectivity index (χ4v) is 2.83. The number of carbonyl (C=O) groups excluding carboxylic acids is 2. The molecule has 0 saturated carbocycles. The number of carbonyl (C=O) groups is 2. The number of hydrogen-bond donors (Lipinski definition) is 0. The van der Waals surface area contributed by atoms with Crippen molar-refractivity contribution >= 4 is 11.9 Å². The minimum Gasteiger partial charge on any atom is -0.550 e. The highest BCUT2D eigenvalue weighted by Gasteiger charge is 2.17. The zero-order valence-corrected chi connectivity index (χ0v) is 15.3. The van der Waals surface area contributed by atoms with Crippen LogP contribution in [0.4, 0.5) is 4.39 Å². The second-order valence-corrected chi connectivity index (χ2v) is 6.41. The molecule has 0 aliphatic rings. The van der Waals surface area contributed by atoms with E-state index >= 15 is 0 Å². The predicted octanol–water partition coefficient (Wildman–Crippen LogP) is 2.17. The molecule has 0 saturated heterocycles. The third kappa shape index (κ3) is 4.62. The topological polar surface area (TPSA) is 78.3 Å². The van der Waals surface area contributed by atoms with Gasteiger partial charge in [-0.2, -0.15) is 5.10 Å². The molecule has 0 aliphatic carbocycles. The Morgan fingerprint density at radius 1 is 1.07 bits per heavy atom. The molecule has 6 nitrogen and oxygen atoms in total. The van der Waals surface area contributed by atoms with Crippen molar-refractivity contribution in [2.45, 2.75) is 19.4 Å². The molecule has 0 radical (unpaired) electrons. The molecule has 0 fully saturated rings. The molecule has 1 amide bonds. The average molecular weight is 380 g/mol. The zero-order chi connectivity index (χ0) is 20.1. The molecule has 0 spiro atoms. The monoisotopic (exact) mass is 380 g/mol. The Balaban J connectivity index is 1.91. The lowest BCUT2D eigenvalue weighted by atomic mass is 10.1. The molecule has 3 aromatic rings. The first-order chi connectivity index (χ1) is 13.4. The maximum absolute atomic E-state index is 13.3. The van der Waals surface area contributed by atoms with Crippen LogP contribution >= 0.6 is 0 Å². The lowest BCUT2D eigenvalue weighted by Gasteiger charge is -2.17. The molecule has 0 bridgehead atoms. The molecule has 7 heteroatoms. The number of aliphatic carboxylic acids is 1. The molecular formula is C21H19FN3O3-. The van der Waals surface area contributed by atoms with E-state index in [1.807, 2.05) is 36.5 Å². The maximum Gasteiger partial charge on any atom is 0.222 e. The van der Waals surface area contributed by atoms with Crippen LogP contribution in [0.15, 0.2) is 60.8 Å². The van der Waals surface area contributed by atoms with Crippen LogP contribution in [0.25, 0.3) is 16.9 Å². The second-order valence-electron chi connectivity index (χ2n) is 6.41. The summed E-state index contributed by atoms with van der Waals surface area (Å²) in [4.78, 5) is 24.2. The fourth-order valence-electron chi connectivity index (χ4n) is 2.83. The van der Waals surface area contributed by atoms with E-state index in [0.717, 1.165) is 16.8 Å². The second kappa shape index (κ2) is 8.47. The Hall–Kier alpha value is -3.48. The fraction of sp³-hybridized carbons (Fsp3) is 0.190. The predicted molar refractivity (Wildman–Crippen MR) is 99.7 cm³/mol. The van der Waals surface area contributed by atoms with Gasteiger partial charge in [-0.1, -0.05) is 18.2 Å². The van der Waals surface area contributed by atoms with Crippen LogP contribution in [0.3, 0.4) is 0 Å². The Morgan fingerprint density at radius 2 is 1.75 bits per heavy atom. The van der Waals surface area contributed by atoms with Gasteiger partial charge in [0.15, 0.2) is 0 Å². The van der Waals surface area contributed by atoms with Crippen molar-refractivity contribution in [1.29, 1.82) is 0 Å². The van der Waals surface area contributed by atoms with Gasteiger partial charge < -0.3 is 14.8 Å². The number of amides is 1. The first-order valence-corrected chi connectivity index (χ1v) is 8.78. The van der Waals surface area contributed by atoms with Gasteiger partial charge >= 0.3 is 0 Å². The molecule has 0 aliphatic heterocycles. The highest BCUT2D eigenvalue weighted by atomic mass is 19.1. The molecular weight excluding hydrogens is 361 g/mol. The van der Waals surface area contributed by atoms with Crippen molar-refractivity contribution in [3.63, 3.8) is 0 Å². The molecule has 1 heterocycles. The van der Waals surface area contributed by atoms with E-state index < -0.39 is 5.97 Å². The smallest absolute Gasteiger partial charge is 0.222 e. The van der Waals surface area contributed by atoms with Crippen molar-refractivity contribution in [3.05, 3.63) is 72.2 Å². The van der Waals surface area contributed by atoms with Crippen LogP contribution in [0.1, 0.15) is 18.4 Å². The van der Waals surface area contributed by atoms with Crippen LogP contribution in [0.5, 0.6) is 0 Å². The summed E-state index contributed by atoms with van der Waals surface area (Å²) in [5.41, 5.74) is 2.97. The van der Waals surface area contributed by atoms with E-state index in [0.29, 0.717) is 5.69 Å². The van der Waals surface area contributed by atoms with E-state index in [1.54, 1.807) is 23.9 Å². The van der Waals surface area contributed by atoms with Crippen molar-refractivity contribution in [2.75, 3.05) is 7.05 Å². The largest absolute Gasteiger partial charge is 0.550 e. The lowest BCUT2D eigenvalue weighted by molar-refractivity contribution is -0.305. The third-order valence-corrected chi connectivity index (χ3v) is 4.30. The van der Waals surface area contributed by atoms with Gasteiger partial charge in [-0.05, 0) is 42.8 Å². The Kier molecular flexibility index (Phi) is 5.84. The first-order valence-electron chi connectivity index (χ1n) is 8.78. The van der Waals surface area contributed by atoms with Crippen molar-refractivity contribution in [3.8, 4) is 16.9 Å². The van der Waals surface area contributed by atoms with Gasteiger partial charge in [-0.3, -0.25) is 4.79 Å². The summed E-state index contributed by atoms with van der Waals surface area (Å²) in [6.07, 6.45) is 1.37. The third-order valence-electron chi connectivity index (χ3n) is 4.30. The van der Waals surface area contributed by atoms with Crippen LogP contribution in [0.2, 0.25) is 0 Å². The summed E-state index contributed by atoms with van der Waals surface area (Å²) in [6.45, 7) is 0.241. The molecule has 144 valence electrons. The average Bonchev–Trinajstić information content (AvgIpc) is 3.11. The summed E-state index contributed by atoms with van der Waals surface area (Å²) in [7, 11) is 1.60. The number of nitrogens with zero attached hydrogens (tertiary/aromatic N) is 3. The highest BCUT2D eigenvalue weighted by Crippen LogP contribution is 2.25. The number of benzene rings is 2. The van der Waals surface area contributed by atoms with E-state index in [1.165, 1.54) is 17.0 Å². The van der Waals surface area contributed by atoms with E-state index in [-0.39, 0.29) is 31.1 Å². The number of aromatic nitrogens is 2. The molecule has 0 N–H and O–H groups in total. The van der Waals surface area contributed by atoms with E-state index in [2.05, 4.69) is 5.10 Å².